The van der Waals surface area contributed by atoms with Gasteiger partial charge in [0.25, 0.3) is 0 Å². The Hall–Kier alpha value is -2.03. The number of aromatic nitrogens is 3. The van der Waals surface area contributed by atoms with Crippen molar-refractivity contribution in [3.8, 4) is 0 Å². The van der Waals surface area contributed by atoms with Crippen LogP contribution in [0.4, 0.5) is 5.82 Å². The number of aliphatic hydroxyl groups is 2. The van der Waals surface area contributed by atoms with Gasteiger partial charge in [0.2, 0.25) is 0 Å². The highest BCUT2D eigenvalue weighted by atomic mass is 16.6. The predicted octanol–water partition coefficient (Wildman–Crippen LogP) is 0.764. The largest absolute Gasteiger partial charge is 0.388 e. The summed E-state index contributed by atoms with van der Waals surface area (Å²) < 4.78 is 7.80. The molecular formula is C17H25N5O3. The van der Waals surface area contributed by atoms with Crippen molar-refractivity contribution in [3.05, 3.63) is 24.2 Å². The molecule has 0 aromatic carbocycles. The molecule has 2 unspecified atom stereocenters. The zero-order valence-electron chi connectivity index (χ0n) is 14.8. The van der Waals surface area contributed by atoms with Crippen LogP contribution in [-0.4, -0.2) is 56.4 Å². The Balaban J connectivity index is 2.10. The molecule has 1 aliphatic rings. The minimum absolute atomic E-state index is 0.0725. The lowest BCUT2D eigenvalue weighted by Crippen LogP contribution is -2.44. The molecule has 2 aromatic heterocycles. The van der Waals surface area contributed by atoms with Crippen molar-refractivity contribution in [1.82, 2.24) is 14.6 Å². The Morgan fingerprint density at radius 1 is 1.40 bits per heavy atom. The van der Waals surface area contributed by atoms with E-state index < -0.39 is 23.9 Å². The van der Waals surface area contributed by atoms with Gasteiger partial charge in [0, 0.05) is 0 Å². The van der Waals surface area contributed by atoms with Gasteiger partial charge in [-0.05, 0) is 30.7 Å². The number of hydrogen-bond donors (Lipinski definition) is 3. The van der Waals surface area contributed by atoms with E-state index in [1.54, 1.807) is 16.6 Å². The van der Waals surface area contributed by atoms with Crippen LogP contribution < -0.4 is 5.73 Å². The zero-order chi connectivity index (χ0) is 18.4. The van der Waals surface area contributed by atoms with Crippen molar-refractivity contribution in [2.45, 2.75) is 51.1 Å². The number of nitrogen functional groups attached to an aromatic ring is 1. The predicted molar refractivity (Wildman–Crippen MR) is 94.5 cm³/mol. The highest BCUT2D eigenvalue weighted by Crippen LogP contribution is 2.43. The van der Waals surface area contributed by atoms with Gasteiger partial charge < -0.3 is 20.7 Å². The van der Waals surface area contributed by atoms with Gasteiger partial charge in [-0.25, -0.2) is 9.50 Å². The summed E-state index contributed by atoms with van der Waals surface area (Å²) in [5, 5.41) is 25.7. The SMILES string of the molecule is C=NC[C@@]1(c2ccc3c(N)ncnn23)O[C@H](CC(C)(C)C)C(O)C1O. The minimum atomic E-state index is -1.25. The average molecular weight is 347 g/mol. The normalized spacial score (nSPS) is 30.0. The van der Waals surface area contributed by atoms with E-state index in [2.05, 4.69) is 42.6 Å². The number of nitrogens with two attached hydrogens (primary N) is 1. The van der Waals surface area contributed by atoms with Gasteiger partial charge in [-0.15, -0.1) is 0 Å². The molecule has 2 aromatic rings. The molecule has 136 valence electrons. The maximum atomic E-state index is 10.9. The second kappa shape index (κ2) is 6.05. The maximum absolute atomic E-state index is 10.9. The number of anilines is 1. The summed E-state index contributed by atoms with van der Waals surface area (Å²) in [6, 6.07) is 3.52. The Morgan fingerprint density at radius 3 is 2.76 bits per heavy atom. The summed E-state index contributed by atoms with van der Waals surface area (Å²) in [5.74, 6) is 0.322. The van der Waals surface area contributed by atoms with E-state index in [9.17, 15) is 10.2 Å². The Bertz CT molecular complexity index is 784. The van der Waals surface area contributed by atoms with Gasteiger partial charge >= 0.3 is 0 Å². The van der Waals surface area contributed by atoms with Crippen LogP contribution in [0.3, 0.4) is 0 Å². The van der Waals surface area contributed by atoms with Gasteiger partial charge in [-0.3, -0.25) is 4.99 Å². The van der Waals surface area contributed by atoms with Gasteiger partial charge in [0.05, 0.1) is 18.3 Å². The fourth-order valence-electron chi connectivity index (χ4n) is 3.52. The minimum Gasteiger partial charge on any atom is -0.388 e. The lowest BCUT2D eigenvalue weighted by atomic mass is 9.85. The van der Waals surface area contributed by atoms with Gasteiger partial charge in [-0.2, -0.15) is 5.10 Å². The lowest BCUT2D eigenvalue weighted by molar-refractivity contribution is -0.0916. The van der Waals surface area contributed by atoms with E-state index in [0.717, 1.165) is 0 Å². The molecule has 3 heterocycles. The van der Waals surface area contributed by atoms with Crippen LogP contribution in [0.2, 0.25) is 0 Å². The molecule has 1 fully saturated rings. The van der Waals surface area contributed by atoms with E-state index in [4.69, 9.17) is 10.5 Å². The van der Waals surface area contributed by atoms with Crippen LogP contribution in [-0.2, 0) is 10.3 Å². The molecule has 4 atom stereocenters. The molecule has 25 heavy (non-hydrogen) atoms. The van der Waals surface area contributed by atoms with Crippen molar-refractivity contribution in [2.24, 2.45) is 10.4 Å². The first-order valence-corrected chi connectivity index (χ1v) is 8.25. The van der Waals surface area contributed by atoms with Crippen molar-refractivity contribution in [1.29, 1.82) is 0 Å². The third-order valence-corrected chi connectivity index (χ3v) is 4.62. The summed E-state index contributed by atoms with van der Waals surface area (Å²) in [5.41, 5.74) is 5.74. The van der Waals surface area contributed by atoms with Crippen LogP contribution in [0.25, 0.3) is 5.52 Å². The van der Waals surface area contributed by atoms with E-state index in [-0.39, 0.29) is 12.0 Å². The second-order valence-corrected chi connectivity index (χ2v) is 7.79. The molecule has 0 amide bonds. The number of rotatable bonds is 4. The maximum Gasteiger partial charge on any atom is 0.158 e. The Morgan fingerprint density at radius 2 is 2.12 bits per heavy atom. The number of aliphatic imine (C=N–C) groups is 1. The molecule has 8 nitrogen and oxygen atoms in total. The van der Waals surface area contributed by atoms with Crippen LogP contribution in [0.5, 0.6) is 0 Å². The zero-order valence-corrected chi connectivity index (χ0v) is 14.8. The molecule has 0 radical (unpaired) electrons. The average Bonchev–Trinajstić information content (AvgIpc) is 3.04. The highest BCUT2D eigenvalue weighted by molar-refractivity contribution is 5.65. The van der Waals surface area contributed by atoms with Crippen molar-refractivity contribution in [3.63, 3.8) is 0 Å². The van der Waals surface area contributed by atoms with Crippen molar-refractivity contribution >= 4 is 18.1 Å². The topological polar surface area (TPSA) is 118 Å². The summed E-state index contributed by atoms with van der Waals surface area (Å²) in [6.45, 7) is 9.80. The smallest absolute Gasteiger partial charge is 0.158 e. The third kappa shape index (κ3) is 2.90. The summed E-state index contributed by atoms with van der Waals surface area (Å²) in [7, 11) is 0. The first-order valence-electron chi connectivity index (χ1n) is 8.25. The van der Waals surface area contributed by atoms with Crippen LogP contribution >= 0.6 is 0 Å². The van der Waals surface area contributed by atoms with Crippen LogP contribution in [0, 0.1) is 5.41 Å². The monoisotopic (exact) mass is 347 g/mol. The number of fused-ring (bicyclic) bond motifs is 1. The molecule has 1 aliphatic heterocycles. The third-order valence-electron chi connectivity index (χ3n) is 4.62. The van der Waals surface area contributed by atoms with Crippen molar-refractivity contribution in [2.75, 3.05) is 12.3 Å². The van der Waals surface area contributed by atoms with E-state index in [0.29, 0.717) is 23.4 Å². The molecule has 4 N–H and O–H groups in total. The first kappa shape index (κ1) is 17.8. The molecule has 0 bridgehead atoms. The second-order valence-electron chi connectivity index (χ2n) is 7.79. The van der Waals surface area contributed by atoms with Crippen LogP contribution in [0.15, 0.2) is 23.5 Å². The fourth-order valence-corrected chi connectivity index (χ4v) is 3.52. The fraction of sp³-hybridized carbons (Fsp3) is 0.588. The van der Waals surface area contributed by atoms with Gasteiger partial charge in [0.1, 0.15) is 24.1 Å². The molecule has 8 heteroatoms. The highest BCUT2D eigenvalue weighted by Gasteiger charge is 2.56. The molecule has 0 aliphatic carbocycles. The Kier molecular flexibility index (Phi) is 4.30. The molecule has 1 saturated heterocycles. The van der Waals surface area contributed by atoms with E-state index in [1.165, 1.54) is 6.33 Å². The summed E-state index contributed by atoms with van der Waals surface area (Å²) in [6.07, 6.45) is -0.803. The molecular weight excluding hydrogens is 322 g/mol. The van der Waals surface area contributed by atoms with Gasteiger partial charge in [0.15, 0.2) is 11.4 Å². The lowest BCUT2D eigenvalue weighted by Gasteiger charge is -2.31. The molecule has 0 saturated carbocycles. The number of ether oxygens (including phenoxy) is 1. The van der Waals surface area contributed by atoms with Crippen molar-refractivity contribution < 1.29 is 14.9 Å². The summed E-state index contributed by atoms with van der Waals surface area (Å²) >= 11 is 0. The molecule has 0 spiro atoms. The number of aliphatic hydroxyl groups excluding tert-OH is 2. The Labute approximate surface area is 146 Å². The quantitative estimate of drug-likeness (QED) is 0.703. The number of hydrogen-bond acceptors (Lipinski definition) is 7. The molecule has 3 rings (SSSR count). The van der Waals surface area contributed by atoms with E-state index >= 15 is 0 Å². The van der Waals surface area contributed by atoms with Crippen LogP contribution in [0.1, 0.15) is 32.9 Å². The van der Waals surface area contributed by atoms with E-state index in [1.807, 2.05) is 0 Å². The number of nitrogens with zero attached hydrogens (tertiary/aromatic N) is 4. The standard InChI is InChI=1S/C17H25N5O3/c1-16(2,3)7-11-13(23)14(24)17(25-11,8-19-4)12-6-5-10-15(18)20-9-21-22(10)12/h5-6,9,11,13-14,23-24H,4,7-8H2,1-3H3,(H2,18,20,21)/t11-,13?,14?,17+/m1/s1. The first-order chi connectivity index (χ1) is 11.7. The van der Waals surface area contributed by atoms with Gasteiger partial charge in [-0.1, -0.05) is 20.8 Å². The summed E-state index contributed by atoms with van der Waals surface area (Å²) in [4.78, 5) is 7.93.